The number of amides is 1. The maximum Gasteiger partial charge on any atom is 0.311 e. The molecule has 4 aromatic rings. The second-order valence-corrected chi connectivity index (χ2v) is 7.30. The van der Waals surface area contributed by atoms with Gasteiger partial charge in [0.25, 0.3) is 0 Å². The van der Waals surface area contributed by atoms with Crippen LogP contribution in [0.15, 0.2) is 65.3 Å². The van der Waals surface area contributed by atoms with Crippen molar-refractivity contribution in [2.24, 2.45) is 7.05 Å². The molecular formula is C22H18FN5O2. The smallest absolute Gasteiger partial charge is 0.311 e. The van der Waals surface area contributed by atoms with Crippen molar-refractivity contribution in [2.75, 3.05) is 6.54 Å². The average molecular weight is 403 g/mol. The number of hydrogen-bond donors (Lipinski definition) is 0. The Labute approximate surface area is 171 Å². The van der Waals surface area contributed by atoms with Crippen LogP contribution in [0, 0.1) is 5.82 Å². The van der Waals surface area contributed by atoms with Gasteiger partial charge in [0.2, 0.25) is 5.89 Å². The molecule has 0 spiro atoms. The zero-order valence-corrected chi connectivity index (χ0v) is 16.2. The third kappa shape index (κ3) is 3.26. The largest absolute Gasteiger partial charge is 0.412 e. The van der Waals surface area contributed by atoms with Crippen LogP contribution in [0.3, 0.4) is 0 Å². The van der Waals surface area contributed by atoms with Gasteiger partial charge < -0.3 is 9.32 Å². The van der Waals surface area contributed by atoms with Gasteiger partial charge >= 0.3 is 11.8 Å². The van der Waals surface area contributed by atoms with Crippen molar-refractivity contribution in [3.8, 4) is 11.5 Å². The Bertz CT molecular complexity index is 1210. The van der Waals surface area contributed by atoms with Crippen LogP contribution in [0.25, 0.3) is 11.5 Å². The molecule has 0 radical (unpaired) electrons. The monoisotopic (exact) mass is 403 g/mol. The Morgan fingerprint density at radius 3 is 2.70 bits per heavy atom. The molecule has 0 N–H and O–H groups in total. The Hall–Kier alpha value is -3.81. The highest BCUT2D eigenvalue weighted by molar-refractivity contribution is 5.90. The molecule has 30 heavy (non-hydrogen) atoms. The number of aromatic nitrogens is 4. The van der Waals surface area contributed by atoms with Gasteiger partial charge in [0, 0.05) is 37.8 Å². The molecule has 1 amide bonds. The lowest BCUT2D eigenvalue weighted by Gasteiger charge is -2.33. The number of fused-ring (bicyclic) bond motifs is 1. The van der Waals surface area contributed by atoms with Gasteiger partial charge in [-0.15, -0.1) is 10.2 Å². The second kappa shape index (κ2) is 7.22. The normalized spacial score (nSPS) is 15.8. The zero-order valence-electron chi connectivity index (χ0n) is 16.2. The first-order chi connectivity index (χ1) is 14.6. The summed E-state index contributed by atoms with van der Waals surface area (Å²) < 4.78 is 20.5. The average Bonchev–Trinajstić information content (AvgIpc) is 3.42. The minimum atomic E-state index is -0.358. The van der Waals surface area contributed by atoms with E-state index in [-0.39, 0.29) is 29.4 Å². The molecule has 0 bridgehead atoms. The molecule has 1 unspecified atom stereocenters. The van der Waals surface area contributed by atoms with Crippen LogP contribution in [-0.2, 0) is 13.6 Å². The van der Waals surface area contributed by atoms with Crippen LogP contribution < -0.4 is 0 Å². The van der Waals surface area contributed by atoms with Crippen molar-refractivity contribution in [2.45, 2.75) is 12.5 Å². The van der Waals surface area contributed by atoms with Crippen molar-refractivity contribution in [1.82, 2.24) is 24.9 Å². The number of benzene rings is 2. The molecule has 0 fully saturated rings. The molecule has 5 rings (SSSR count). The summed E-state index contributed by atoms with van der Waals surface area (Å²) in [5.41, 5.74) is 3.86. The summed E-state index contributed by atoms with van der Waals surface area (Å²) in [6.45, 7) is 0.940. The van der Waals surface area contributed by atoms with E-state index in [9.17, 15) is 9.18 Å². The summed E-state index contributed by atoms with van der Waals surface area (Å²) in [7, 11) is 1.87. The highest BCUT2D eigenvalue weighted by Crippen LogP contribution is 2.34. The maximum absolute atomic E-state index is 13.1. The molecule has 0 saturated carbocycles. The van der Waals surface area contributed by atoms with E-state index < -0.39 is 0 Å². The van der Waals surface area contributed by atoms with E-state index in [1.807, 2.05) is 37.6 Å². The summed E-state index contributed by atoms with van der Waals surface area (Å²) in [5, 5.41) is 12.2. The van der Waals surface area contributed by atoms with Crippen LogP contribution in [0.5, 0.6) is 0 Å². The van der Waals surface area contributed by atoms with Gasteiger partial charge in [-0.05, 0) is 41.0 Å². The van der Waals surface area contributed by atoms with Gasteiger partial charge in [0.15, 0.2) is 0 Å². The van der Waals surface area contributed by atoms with Crippen molar-refractivity contribution in [1.29, 1.82) is 0 Å². The van der Waals surface area contributed by atoms with Crippen LogP contribution in [-0.4, -0.2) is 37.3 Å². The summed E-state index contributed by atoms with van der Waals surface area (Å²) in [6, 6.07) is 13.8. The zero-order chi connectivity index (χ0) is 20.7. The standard InChI is InChI=1S/C22H18FN5O2/c1-27-11-16(10-24-27)19-13-28(12-15-4-2-3-5-18(15)19)22(29)21-26-25-20(30-21)14-6-8-17(23)9-7-14/h2-11,19H,12-13H2,1H3. The molecule has 1 aliphatic heterocycles. The molecular weight excluding hydrogens is 385 g/mol. The number of rotatable bonds is 3. The fraction of sp³-hybridized carbons (Fsp3) is 0.182. The molecule has 0 aliphatic carbocycles. The van der Waals surface area contributed by atoms with Crippen LogP contribution in [0.2, 0.25) is 0 Å². The fourth-order valence-electron chi connectivity index (χ4n) is 3.82. The van der Waals surface area contributed by atoms with E-state index in [1.54, 1.807) is 9.58 Å². The van der Waals surface area contributed by atoms with E-state index in [4.69, 9.17) is 4.42 Å². The van der Waals surface area contributed by atoms with Crippen molar-refractivity contribution < 1.29 is 13.6 Å². The molecule has 2 aromatic carbocycles. The van der Waals surface area contributed by atoms with Gasteiger partial charge in [-0.2, -0.15) is 5.10 Å². The van der Waals surface area contributed by atoms with Gasteiger partial charge in [0.1, 0.15) is 5.82 Å². The number of hydrogen-bond acceptors (Lipinski definition) is 5. The van der Waals surface area contributed by atoms with Crippen LogP contribution in [0.4, 0.5) is 4.39 Å². The first-order valence-corrected chi connectivity index (χ1v) is 9.53. The van der Waals surface area contributed by atoms with E-state index in [1.165, 1.54) is 29.8 Å². The Morgan fingerprint density at radius 1 is 1.13 bits per heavy atom. The molecule has 8 heteroatoms. The lowest BCUT2D eigenvalue weighted by Crippen LogP contribution is -2.38. The number of carbonyl (C=O) groups excluding carboxylic acids is 1. The molecule has 3 heterocycles. The molecule has 1 aliphatic rings. The quantitative estimate of drug-likeness (QED) is 0.524. The minimum Gasteiger partial charge on any atom is -0.412 e. The molecule has 0 saturated heterocycles. The molecule has 1 atom stereocenters. The Balaban J connectivity index is 1.44. The van der Waals surface area contributed by atoms with E-state index in [2.05, 4.69) is 21.4 Å². The lowest BCUT2D eigenvalue weighted by molar-refractivity contribution is 0.0685. The van der Waals surface area contributed by atoms with Crippen molar-refractivity contribution >= 4 is 5.91 Å². The predicted molar refractivity (Wildman–Crippen MR) is 106 cm³/mol. The van der Waals surface area contributed by atoms with Gasteiger partial charge in [-0.25, -0.2) is 4.39 Å². The highest BCUT2D eigenvalue weighted by atomic mass is 19.1. The SMILES string of the molecule is Cn1cc(C2CN(C(=O)c3nnc(-c4ccc(F)cc4)o3)Cc3ccccc32)cn1. The van der Waals surface area contributed by atoms with E-state index in [0.29, 0.717) is 18.7 Å². The van der Waals surface area contributed by atoms with Gasteiger partial charge in [0.05, 0.1) is 6.20 Å². The van der Waals surface area contributed by atoms with Crippen molar-refractivity contribution in [3.05, 3.63) is 89.3 Å². The minimum absolute atomic E-state index is 0.00657. The molecule has 7 nitrogen and oxygen atoms in total. The third-order valence-corrected chi connectivity index (χ3v) is 5.31. The summed E-state index contributed by atoms with van der Waals surface area (Å²) in [6.07, 6.45) is 3.80. The van der Waals surface area contributed by atoms with Crippen molar-refractivity contribution in [3.63, 3.8) is 0 Å². The first-order valence-electron chi connectivity index (χ1n) is 9.53. The second-order valence-electron chi connectivity index (χ2n) is 7.30. The number of aryl methyl sites for hydroxylation is 1. The number of nitrogens with zero attached hydrogens (tertiary/aromatic N) is 5. The summed E-state index contributed by atoms with van der Waals surface area (Å²) >= 11 is 0. The number of halogens is 1. The summed E-state index contributed by atoms with van der Waals surface area (Å²) in [5.74, 6) is -0.590. The fourth-order valence-corrected chi connectivity index (χ4v) is 3.82. The number of carbonyl (C=O) groups is 1. The van der Waals surface area contributed by atoms with Gasteiger partial charge in [-0.3, -0.25) is 9.48 Å². The molecule has 150 valence electrons. The first kappa shape index (κ1) is 18.2. The topological polar surface area (TPSA) is 77.0 Å². The van der Waals surface area contributed by atoms with E-state index in [0.717, 1.165) is 11.1 Å². The van der Waals surface area contributed by atoms with Crippen LogP contribution >= 0.6 is 0 Å². The molecule has 2 aromatic heterocycles. The predicted octanol–water partition coefficient (Wildman–Crippen LogP) is 3.40. The Morgan fingerprint density at radius 2 is 1.93 bits per heavy atom. The maximum atomic E-state index is 13.1. The summed E-state index contributed by atoms with van der Waals surface area (Å²) in [4.78, 5) is 14.8. The van der Waals surface area contributed by atoms with E-state index >= 15 is 0 Å². The van der Waals surface area contributed by atoms with Gasteiger partial charge in [-0.1, -0.05) is 24.3 Å². The Kier molecular flexibility index (Phi) is 4.39. The van der Waals surface area contributed by atoms with Crippen LogP contribution in [0.1, 0.15) is 33.3 Å². The highest BCUT2D eigenvalue weighted by Gasteiger charge is 2.32. The lowest BCUT2D eigenvalue weighted by atomic mass is 9.86. The third-order valence-electron chi connectivity index (χ3n) is 5.31.